The van der Waals surface area contributed by atoms with Gasteiger partial charge in [-0.05, 0) is 38.5 Å². The van der Waals surface area contributed by atoms with Gasteiger partial charge in [-0.15, -0.1) is 0 Å². The SMILES string of the molecule is CCCCCCCCCC/C=C\CCCCCCCCCCCCCCCCCCCCCCCCCCCCCCCC(=O)OC(CO)COC(=O)CCCCCCCCCCCCCCCCCCCCCCCCCCCCCCCCCCCCCC. The summed E-state index contributed by atoms with van der Waals surface area (Å²) in [6.07, 6.45) is 109. The summed E-state index contributed by atoms with van der Waals surface area (Å²) < 4.78 is 10.8. The molecule has 0 heterocycles. The number of ether oxygens (including phenoxy) is 2. The first-order valence-corrected chi connectivity index (χ1v) is 42.7. The molecule has 0 aromatic rings. The topological polar surface area (TPSA) is 72.8 Å². The minimum absolute atomic E-state index is 0.0558. The number of rotatable bonds is 82. The summed E-state index contributed by atoms with van der Waals surface area (Å²) in [5.41, 5.74) is 0. The lowest BCUT2D eigenvalue weighted by Crippen LogP contribution is -2.28. The van der Waals surface area contributed by atoms with Crippen molar-refractivity contribution in [3.8, 4) is 0 Å². The van der Waals surface area contributed by atoms with Crippen LogP contribution in [0.4, 0.5) is 0 Å². The fourth-order valence-corrected chi connectivity index (χ4v) is 13.9. The van der Waals surface area contributed by atoms with E-state index in [0.29, 0.717) is 12.8 Å². The van der Waals surface area contributed by atoms with Crippen LogP contribution in [0.1, 0.15) is 508 Å². The van der Waals surface area contributed by atoms with E-state index >= 15 is 0 Å². The number of carbonyl (C=O) groups excluding carboxylic acids is 2. The third-order valence-corrected chi connectivity index (χ3v) is 20.3. The number of esters is 2. The molecular weight excluding hydrogens is 1110 g/mol. The van der Waals surface area contributed by atoms with Gasteiger partial charge in [0.15, 0.2) is 6.10 Å². The number of unbranched alkanes of at least 4 members (excludes halogenated alkanes) is 72. The molecule has 0 spiro atoms. The van der Waals surface area contributed by atoms with Gasteiger partial charge in [0.2, 0.25) is 0 Å². The minimum atomic E-state index is -0.768. The van der Waals surface area contributed by atoms with Crippen LogP contribution in [0.3, 0.4) is 0 Å². The number of hydrogen-bond acceptors (Lipinski definition) is 5. The Morgan fingerprint density at radius 1 is 0.242 bits per heavy atom. The molecule has 1 unspecified atom stereocenters. The summed E-state index contributed by atoms with van der Waals surface area (Å²) in [6, 6.07) is 0. The van der Waals surface area contributed by atoms with Crippen molar-refractivity contribution in [3.05, 3.63) is 12.2 Å². The molecule has 0 radical (unpaired) electrons. The second-order valence-corrected chi connectivity index (χ2v) is 29.6. The molecule has 5 nitrogen and oxygen atoms in total. The first-order valence-electron chi connectivity index (χ1n) is 42.7. The normalized spacial score (nSPS) is 12.1. The Hall–Kier alpha value is -1.36. The molecule has 0 fully saturated rings. The maximum atomic E-state index is 12.4. The summed E-state index contributed by atoms with van der Waals surface area (Å²) in [4.78, 5) is 24.7. The molecule has 0 saturated heterocycles. The average molecular weight is 1280 g/mol. The van der Waals surface area contributed by atoms with Crippen LogP contribution < -0.4 is 0 Å². The van der Waals surface area contributed by atoms with Crippen molar-refractivity contribution in [1.82, 2.24) is 0 Å². The highest BCUT2D eigenvalue weighted by Crippen LogP contribution is 2.21. The highest BCUT2D eigenvalue weighted by Gasteiger charge is 2.16. The highest BCUT2D eigenvalue weighted by atomic mass is 16.6. The van der Waals surface area contributed by atoms with Crippen molar-refractivity contribution in [2.45, 2.75) is 514 Å². The number of allylic oxidation sites excluding steroid dienone is 2. The lowest BCUT2D eigenvalue weighted by atomic mass is 10.0. The summed E-state index contributed by atoms with van der Waals surface area (Å²) in [7, 11) is 0. The van der Waals surface area contributed by atoms with E-state index in [4.69, 9.17) is 9.47 Å². The van der Waals surface area contributed by atoms with E-state index in [1.807, 2.05) is 0 Å². The Kier molecular flexibility index (Phi) is 81.6. The summed E-state index contributed by atoms with van der Waals surface area (Å²) in [5, 5.41) is 9.74. The molecule has 0 amide bonds. The molecule has 0 rings (SSSR count). The zero-order chi connectivity index (χ0) is 65.4. The molecule has 91 heavy (non-hydrogen) atoms. The first kappa shape index (κ1) is 89.6. The van der Waals surface area contributed by atoms with Crippen LogP contribution in [-0.2, 0) is 19.1 Å². The van der Waals surface area contributed by atoms with Gasteiger partial charge in [0.05, 0.1) is 6.61 Å². The molecule has 0 saturated carbocycles. The molecule has 0 aliphatic rings. The number of carbonyl (C=O) groups is 2. The van der Waals surface area contributed by atoms with Crippen molar-refractivity contribution in [3.63, 3.8) is 0 Å². The summed E-state index contributed by atoms with van der Waals surface area (Å²) >= 11 is 0. The monoisotopic (exact) mass is 1280 g/mol. The van der Waals surface area contributed by atoms with Gasteiger partial charge in [-0.1, -0.05) is 469 Å². The second-order valence-electron chi connectivity index (χ2n) is 29.6. The standard InChI is InChI=1S/C86H168O5/c1-3-5-7-9-11-13-15-17-19-21-23-25-27-29-31-33-35-37-39-41-42-43-44-45-47-49-51-53-55-57-59-61-63-65-67-69-71-73-75-77-79-81-86(89)91-84(82-87)83-90-85(88)80-78-76-74-72-70-68-66-64-62-60-58-56-54-52-50-48-46-40-38-36-34-32-30-28-26-24-22-20-18-16-14-12-10-8-6-4-2/h21,23,84,87H,3-20,22,24-83H2,1-2H3/b23-21-. The van der Waals surface area contributed by atoms with Crippen molar-refractivity contribution in [1.29, 1.82) is 0 Å². The van der Waals surface area contributed by atoms with E-state index in [9.17, 15) is 14.7 Å². The molecule has 5 heteroatoms. The predicted molar refractivity (Wildman–Crippen MR) is 404 cm³/mol. The van der Waals surface area contributed by atoms with Gasteiger partial charge in [0.25, 0.3) is 0 Å². The molecule has 0 bridgehead atoms. The number of aliphatic hydroxyl groups is 1. The summed E-state index contributed by atoms with van der Waals surface area (Å²) in [5.74, 6) is -0.556. The lowest BCUT2D eigenvalue weighted by Gasteiger charge is -2.15. The van der Waals surface area contributed by atoms with Crippen LogP contribution in [0, 0.1) is 0 Å². The van der Waals surface area contributed by atoms with E-state index in [1.165, 1.54) is 449 Å². The van der Waals surface area contributed by atoms with Gasteiger partial charge >= 0.3 is 11.9 Å². The second kappa shape index (κ2) is 82.9. The Morgan fingerprint density at radius 3 is 0.593 bits per heavy atom. The van der Waals surface area contributed by atoms with E-state index < -0.39 is 6.10 Å². The van der Waals surface area contributed by atoms with Crippen molar-refractivity contribution in [2.24, 2.45) is 0 Å². The maximum absolute atomic E-state index is 12.4. The van der Waals surface area contributed by atoms with Gasteiger partial charge in [-0.3, -0.25) is 9.59 Å². The molecule has 1 N–H and O–H groups in total. The van der Waals surface area contributed by atoms with Gasteiger partial charge in [-0.25, -0.2) is 0 Å². The Morgan fingerprint density at radius 2 is 0.407 bits per heavy atom. The zero-order valence-corrected chi connectivity index (χ0v) is 62.7. The molecule has 0 aliphatic heterocycles. The van der Waals surface area contributed by atoms with Gasteiger partial charge in [0, 0.05) is 12.8 Å². The Balaban J connectivity index is 3.32. The Bertz CT molecular complexity index is 1360. The smallest absolute Gasteiger partial charge is 0.306 e. The van der Waals surface area contributed by atoms with E-state index in [1.54, 1.807) is 0 Å². The fourth-order valence-electron chi connectivity index (χ4n) is 13.9. The molecule has 0 aromatic carbocycles. The first-order chi connectivity index (χ1) is 45.1. The van der Waals surface area contributed by atoms with E-state index in [2.05, 4.69) is 26.0 Å². The molecular formula is C86H168O5. The van der Waals surface area contributed by atoms with Gasteiger partial charge in [-0.2, -0.15) is 0 Å². The highest BCUT2D eigenvalue weighted by molar-refractivity contribution is 5.70. The maximum Gasteiger partial charge on any atom is 0.306 e. The van der Waals surface area contributed by atoms with Gasteiger partial charge < -0.3 is 14.6 Å². The van der Waals surface area contributed by atoms with Crippen LogP contribution in [0.5, 0.6) is 0 Å². The van der Waals surface area contributed by atoms with E-state index in [-0.39, 0.29) is 25.2 Å². The van der Waals surface area contributed by atoms with Crippen molar-refractivity contribution < 1.29 is 24.2 Å². The number of hydrogen-bond donors (Lipinski definition) is 1. The zero-order valence-electron chi connectivity index (χ0n) is 62.7. The fraction of sp³-hybridized carbons (Fsp3) is 0.953. The van der Waals surface area contributed by atoms with Gasteiger partial charge in [0.1, 0.15) is 6.61 Å². The van der Waals surface area contributed by atoms with E-state index in [0.717, 1.165) is 32.1 Å². The van der Waals surface area contributed by atoms with Crippen LogP contribution in [0.25, 0.3) is 0 Å². The van der Waals surface area contributed by atoms with Crippen LogP contribution >= 0.6 is 0 Å². The molecule has 542 valence electrons. The van der Waals surface area contributed by atoms with Crippen molar-refractivity contribution >= 4 is 11.9 Å². The van der Waals surface area contributed by atoms with Crippen LogP contribution in [0.15, 0.2) is 12.2 Å². The van der Waals surface area contributed by atoms with Crippen molar-refractivity contribution in [2.75, 3.05) is 13.2 Å². The lowest BCUT2D eigenvalue weighted by molar-refractivity contribution is -0.161. The third kappa shape index (κ3) is 81.0. The quantitative estimate of drug-likeness (QED) is 0.0373. The molecule has 1 atom stereocenters. The van der Waals surface area contributed by atoms with Crippen LogP contribution in [-0.4, -0.2) is 36.4 Å². The number of aliphatic hydroxyl groups excluding tert-OH is 1. The predicted octanol–water partition coefficient (Wildman–Crippen LogP) is 30.1. The van der Waals surface area contributed by atoms with Crippen LogP contribution in [0.2, 0.25) is 0 Å². The largest absolute Gasteiger partial charge is 0.462 e. The Labute approximate surface area is 572 Å². The summed E-state index contributed by atoms with van der Waals surface area (Å²) in [6.45, 7) is 4.23. The minimum Gasteiger partial charge on any atom is -0.462 e. The molecule has 0 aliphatic carbocycles. The average Bonchev–Trinajstić information content (AvgIpc) is 3.68. The molecule has 0 aromatic heterocycles. The third-order valence-electron chi connectivity index (χ3n) is 20.3.